The van der Waals surface area contributed by atoms with E-state index in [4.69, 9.17) is 4.74 Å². The summed E-state index contributed by atoms with van der Waals surface area (Å²) in [5.74, 6) is -0.132. The van der Waals surface area contributed by atoms with Crippen molar-refractivity contribution in [1.82, 2.24) is 14.5 Å². The Kier molecular flexibility index (Phi) is 3.60. The number of likely N-dealkylation sites (tertiary alicyclic amines) is 1. The number of para-hydroxylation sites is 1. The van der Waals surface area contributed by atoms with Crippen molar-refractivity contribution in [2.45, 2.75) is 19.1 Å². The molecule has 1 aromatic heterocycles. The molecule has 0 radical (unpaired) electrons. The van der Waals surface area contributed by atoms with Crippen LogP contribution in [0.1, 0.15) is 13.0 Å². The van der Waals surface area contributed by atoms with Crippen LogP contribution in [0.25, 0.3) is 0 Å². The Hall–Kier alpha value is -2.37. The Morgan fingerprint density at radius 1 is 1.43 bits per heavy atom. The number of carbonyl (C=O) groups excluding carboxylic acids is 1. The summed E-state index contributed by atoms with van der Waals surface area (Å²) < 4.78 is 20.8. The molecule has 0 bridgehead atoms. The molecule has 6 heteroatoms. The third-order valence-corrected chi connectivity index (χ3v) is 3.62. The van der Waals surface area contributed by atoms with Crippen LogP contribution >= 0.6 is 0 Å². The molecule has 110 valence electrons. The van der Waals surface area contributed by atoms with Crippen molar-refractivity contribution >= 4 is 5.91 Å². The number of halogens is 1. The van der Waals surface area contributed by atoms with Crippen LogP contribution < -0.4 is 4.74 Å². The monoisotopic (exact) mass is 289 g/mol. The van der Waals surface area contributed by atoms with E-state index in [1.807, 2.05) is 6.92 Å². The smallest absolute Gasteiger partial charge is 0.245 e. The maximum Gasteiger partial charge on any atom is 0.245 e. The first-order valence-corrected chi connectivity index (χ1v) is 6.82. The summed E-state index contributed by atoms with van der Waals surface area (Å²) in [5.41, 5.74) is 0. The van der Waals surface area contributed by atoms with Crippen molar-refractivity contribution in [3.05, 3.63) is 48.8 Å². The molecule has 0 saturated carbocycles. The van der Waals surface area contributed by atoms with Gasteiger partial charge in [-0.25, -0.2) is 9.37 Å². The molecule has 1 aliphatic heterocycles. The molecule has 1 amide bonds. The van der Waals surface area contributed by atoms with Gasteiger partial charge in [-0.1, -0.05) is 12.1 Å². The van der Waals surface area contributed by atoms with Crippen LogP contribution in [0.15, 0.2) is 43.0 Å². The van der Waals surface area contributed by atoms with Gasteiger partial charge in [-0.2, -0.15) is 0 Å². The van der Waals surface area contributed by atoms with Crippen LogP contribution in [0.5, 0.6) is 5.75 Å². The largest absolute Gasteiger partial charge is 0.484 e. The average Bonchev–Trinajstić information content (AvgIpc) is 2.96. The number of hydrogen-bond acceptors (Lipinski definition) is 3. The molecule has 1 saturated heterocycles. The quantitative estimate of drug-likeness (QED) is 0.863. The molecular formula is C15H16FN3O2. The summed E-state index contributed by atoms with van der Waals surface area (Å²) in [6.07, 6.45) is 4.87. The zero-order chi connectivity index (χ0) is 14.8. The normalized spacial score (nSPS) is 16.4. The van der Waals surface area contributed by atoms with Crippen LogP contribution in [-0.4, -0.2) is 39.6 Å². The molecule has 0 aliphatic carbocycles. The molecule has 1 fully saturated rings. The standard InChI is InChI=1S/C15H16FN3O2/c1-11(18-7-6-17-10-18)15(20)19-8-12(9-19)21-14-5-3-2-4-13(14)16/h2-7,10-12H,8-9H2,1H3/t11-/m0/s1. The number of rotatable bonds is 4. The van der Waals surface area contributed by atoms with E-state index in [2.05, 4.69) is 4.98 Å². The molecule has 1 aliphatic rings. The van der Waals surface area contributed by atoms with Gasteiger partial charge in [0.1, 0.15) is 12.1 Å². The van der Waals surface area contributed by atoms with Gasteiger partial charge in [0, 0.05) is 12.4 Å². The van der Waals surface area contributed by atoms with Crippen molar-refractivity contribution in [2.75, 3.05) is 13.1 Å². The van der Waals surface area contributed by atoms with Gasteiger partial charge in [0.05, 0.1) is 19.4 Å². The Morgan fingerprint density at radius 3 is 2.86 bits per heavy atom. The van der Waals surface area contributed by atoms with Gasteiger partial charge in [0.25, 0.3) is 0 Å². The van der Waals surface area contributed by atoms with E-state index in [1.165, 1.54) is 6.07 Å². The van der Waals surface area contributed by atoms with Gasteiger partial charge in [-0.3, -0.25) is 4.79 Å². The zero-order valence-corrected chi connectivity index (χ0v) is 11.6. The molecule has 2 aromatic rings. The zero-order valence-electron chi connectivity index (χ0n) is 11.6. The summed E-state index contributed by atoms with van der Waals surface area (Å²) in [5, 5.41) is 0. The summed E-state index contributed by atoms with van der Waals surface area (Å²) >= 11 is 0. The SMILES string of the molecule is C[C@@H](C(=O)N1CC(Oc2ccccc2F)C1)n1ccnc1. The number of benzene rings is 1. The number of aromatic nitrogens is 2. The minimum absolute atomic E-state index is 0.0152. The van der Waals surface area contributed by atoms with E-state index in [0.717, 1.165) is 0 Å². The van der Waals surface area contributed by atoms with Crippen LogP contribution in [-0.2, 0) is 4.79 Å². The second kappa shape index (κ2) is 5.55. The maximum absolute atomic E-state index is 13.5. The lowest BCUT2D eigenvalue weighted by Gasteiger charge is -2.40. The topological polar surface area (TPSA) is 47.4 Å². The fraction of sp³-hybridized carbons (Fsp3) is 0.333. The molecule has 0 N–H and O–H groups in total. The highest BCUT2D eigenvalue weighted by Gasteiger charge is 2.35. The first-order chi connectivity index (χ1) is 10.1. The molecule has 3 rings (SSSR count). The highest BCUT2D eigenvalue weighted by Crippen LogP contribution is 2.23. The van der Waals surface area contributed by atoms with E-state index < -0.39 is 0 Å². The van der Waals surface area contributed by atoms with Gasteiger partial charge in [0.15, 0.2) is 11.6 Å². The molecule has 2 heterocycles. The van der Waals surface area contributed by atoms with E-state index in [9.17, 15) is 9.18 Å². The number of amides is 1. The van der Waals surface area contributed by atoms with Crippen molar-refractivity contribution < 1.29 is 13.9 Å². The predicted octanol–water partition coefficient (Wildman–Crippen LogP) is 1.87. The number of carbonyl (C=O) groups is 1. The van der Waals surface area contributed by atoms with E-state index in [1.54, 1.807) is 46.4 Å². The van der Waals surface area contributed by atoms with Gasteiger partial charge in [-0.15, -0.1) is 0 Å². The number of ether oxygens (including phenoxy) is 1. The Bertz CT molecular complexity index is 624. The first-order valence-electron chi connectivity index (χ1n) is 6.82. The lowest BCUT2D eigenvalue weighted by molar-refractivity contribution is -0.143. The molecule has 1 atom stereocenters. The van der Waals surface area contributed by atoms with Gasteiger partial charge in [-0.05, 0) is 19.1 Å². The van der Waals surface area contributed by atoms with Gasteiger partial charge >= 0.3 is 0 Å². The minimum Gasteiger partial charge on any atom is -0.484 e. The second-order valence-electron chi connectivity index (χ2n) is 5.10. The summed E-state index contributed by atoms with van der Waals surface area (Å²) in [6.45, 7) is 2.79. The first kappa shape index (κ1) is 13.6. The summed E-state index contributed by atoms with van der Waals surface area (Å²) in [4.78, 5) is 17.9. The van der Waals surface area contributed by atoms with Crippen LogP contribution in [0, 0.1) is 5.82 Å². The molecule has 1 aromatic carbocycles. The van der Waals surface area contributed by atoms with Crippen molar-refractivity contribution in [1.29, 1.82) is 0 Å². The third kappa shape index (κ3) is 2.74. The number of hydrogen-bond donors (Lipinski definition) is 0. The Labute approximate surface area is 122 Å². The highest BCUT2D eigenvalue weighted by molar-refractivity contribution is 5.81. The fourth-order valence-electron chi connectivity index (χ4n) is 2.30. The van der Waals surface area contributed by atoms with Crippen molar-refractivity contribution in [2.24, 2.45) is 0 Å². The predicted molar refractivity (Wildman–Crippen MR) is 74.3 cm³/mol. The summed E-state index contributed by atoms with van der Waals surface area (Å²) in [7, 11) is 0. The number of nitrogens with zero attached hydrogens (tertiary/aromatic N) is 3. The Balaban J connectivity index is 1.54. The maximum atomic E-state index is 13.5. The second-order valence-corrected chi connectivity index (χ2v) is 5.10. The molecule has 0 spiro atoms. The molecule has 0 unspecified atom stereocenters. The lowest BCUT2D eigenvalue weighted by atomic mass is 10.1. The fourth-order valence-corrected chi connectivity index (χ4v) is 2.30. The third-order valence-electron chi connectivity index (χ3n) is 3.62. The van der Waals surface area contributed by atoms with Crippen LogP contribution in [0.4, 0.5) is 4.39 Å². The van der Waals surface area contributed by atoms with Gasteiger partial charge < -0.3 is 14.2 Å². The van der Waals surface area contributed by atoms with Crippen molar-refractivity contribution in [3.63, 3.8) is 0 Å². The Morgan fingerprint density at radius 2 is 2.19 bits per heavy atom. The average molecular weight is 289 g/mol. The van der Waals surface area contributed by atoms with Gasteiger partial charge in [0.2, 0.25) is 5.91 Å². The van der Waals surface area contributed by atoms with Crippen LogP contribution in [0.2, 0.25) is 0 Å². The van der Waals surface area contributed by atoms with Crippen molar-refractivity contribution in [3.8, 4) is 5.75 Å². The molecular weight excluding hydrogens is 273 g/mol. The number of imidazole rings is 1. The van der Waals surface area contributed by atoms with E-state index >= 15 is 0 Å². The van der Waals surface area contributed by atoms with E-state index in [-0.39, 0.29) is 29.6 Å². The minimum atomic E-state index is -0.380. The van der Waals surface area contributed by atoms with Crippen LogP contribution in [0.3, 0.4) is 0 Å². The lowest BCUT2D eigenvalue weighted by Crippen LogP contribution is -2.57. The molecule has 21 heavy (non-hydrogen) atoms. The highest BCUT2D eigenvalue weighted by atomic mass is 19.1. The van der Waals surface area contributed by atoms with E-state index in [0.29, 0.717) is 13.1 Å². The summed E-state index contributed by atoms with van der Waals surface area (Å²) in [6, 6.07) is 6.00. The molecule has 5 nitrogen and oxygen atoms in total.